The van der Waals surface area contributed by atoms with Crippen molar-refractivity contribution in [3.8, 4) is 0 Å². The van der Waals surface area contributed by atoms with E-state index in [1.54, 1.807) is 36.2 Å². The summed E-state index contributed by atoms with van der Waals surface area (Å²) in [4.78, 5) is 19.6. The van der Waals surface area contributed by atoms with Crippen LogP contribution in [0.2, 0.25) is 5.02 Å². The molecule has 1 aromatic heterocycles. The molecule has 1 aliphatic rings. The lowest BCUT2D eigenvalue weighted by Gasteiger charge is -2.34. The number of carbonyl (C=O) groups is 1. The highest BCUT2D eigenvalue weighted by Crippen LogP contribution is 2.32. The molecule has 230 valence electrons. The SMILES string of the molecule is CN(CCN1CCCC1)CC(C)(C)CN(C)C(=O)c1ccc(C(F)(F)F)n1Cc1ccccc1.Cc1ccc(Cl)cc1. The Morgan fingerprint density at radius 1 is 0.905 bits per heavy atom. The predicted molar refractivity (Wildman–Crippen MR) is 165 cm³/mol. The highest BCUT2D eigenvalue weighted by atomic mass is 35.5. The topological polar surface area (TPSA) is 31.7 Å². The molecule has 1 fully saturated rings. The Hall–Kier alpha value is -2.81. The Labute approximate surface area is 253 Å². The molecule has 0 atom stereocenters. The molecule has 42 heavy (non-hydrogen) atoms. The van der Waals surface area contributed by atoms with E-state index >= 15 is 0 Å². The fourth-order valence-corrected chi connectivity index (χ4v) is 5.58. The van der Waals surface area contributed by atoms with Crippen LogP contribution >= 0.6 is 11.6 Å². The van der Waals surface area contributed by atoms with Gasteiger partial charge in [0.15, 0.2) is 0 Å². The number of rotatable bonds is 10. The number of aryl methyl sites for hydroxylation is 1. The van der Waals surface area contributed by atoms with Crippen LogP contribution in [-0.4, -0.2) is 78.5 Å². The van der Waals surface area contributed by atoms with Gasteiger partial charge in [0, 0.05) is 44.8 Å². The van der Waals surface area contributed by atoms with Gasteiger partial charge in [-0.2, -0.15) is 13.2 Å². The summed E-state index contributed by atoms with van der Waals surface area (Å²) in [5.41, 5.74) is 0.981. The van der Waals surface area contributed by atoms with E-state index in [2.05, 4.69) is 30.7 Å². The Morgan fingerprint density at radius 2 is 1.52 bits per heavy atom. The van der Waals surface area contributed by atoms with E-state index in [9.17, 15) is 18.0 Å². The second-order valence-electron chi connectivity index (χ2n) is 12.1. The second-order valence-corrected chi connectivity index (χ2v) is 12.5. The first-order valence-electron chi connectivity index (χ1n) is 14.4. The van der Waals surface area contributed by atoms with Crippen LogP contribution in [0.4, 0.5) is 13.2 Å². The van der Waals surface area contributed by atoms with E-state index < -0.39 is 17.8 Å². The summed E-state index contributed by atoms with van der Waals surface area (Å²) in [6.07, 6.45) is -2.00. The molecule has 0 N–H and O–H groups in total. The van der Waals surface area contributed by atoms with Crippen molar-refractivity contribution in [2.24, 2.45) is 5.41 Å². The molecule has 0 spiro atoms. The number of nitrogens with zero attached hydrogens (tertiary/aromatic N) is 4. The number of likely N-dealkylation sites (tertiary alicyclic amines) is 1. The molecule has 0 radical (unpaired) electrons. The lowest BCUT2D eigenvalue weighted by atomic mass is 9.92. The number of benzene rings is 2. The van der Waals surface area contributed by atoms with Gasteiger partial charge in [-0.05, 0) is 75.1 Å². The van der Waals surface area contributed by atoms with Gasteiger partial charge < -0.3 is 19.3 Å². The van der Waals surface area contributed by atoms with Crippen LogP contribution in [0.1, 0.15) is 54.0 Å². The molecule has 0 aliphatic carbocycles. The van der Waals surface area contributed by atoms with Gasteiger partial charge in [0.2, 0.25) is 0 Å². The first kappa shape index (κ1) is 33.7. The number of hydrogen-bond acceptors (Lipinski definition) is 3. The Balaban J connectivity index is 0.000000521. The summed E-state index contributed by atoms with van der Waals surface area (Å²) in [7, 11) is 3.75. The van der Waals surface area contributed by atoms with Crippen LogP contribution in [0.25, 0.3) is 0 Å². The van der Waals surface area contributed by atoms with Gasteiger partial charge in [0.1, 0.15) is 11.4 Å². The molecule has 2 aromatic carbocycles. The maximum Gasteiger partial charge on any atom is 0.431 e. The van der Waals surface area contributed by atoms with Crippen molar-refractivity contribution in [3.05, 3.63) is 94.3 Å². The number of amides is 1. The molecule has 4 rings (SSSR count). The number of likely N-dealkylation sites (N-methyl/N-ethyl adjacent to an activating group) is 1. The van der Waals surface area contributed by atoms with E-state index in [4.69, 9.17) is 11.6 Å². The van der Waals surface area contributed by atoms with E-state index in [1.807, 2.05) is 37.3 Å². The monoisotopic (exact) mass is 604 g/mol. The molecule has 2 heterocycles. The van der Waals surface area contributed by atoms with E-state index in [-0.39, 0.29) is 17.7 Å². The van der Waals surface area contributed by atoms with Crippen molar-refractivity contribution >= 4 is 17.5 Å². The summed E-state index contributed by atoms with van der Waals surface area (Å²) in [5, 5.41) is 0.801. The van der Waals surface area contributed by atoms with Crippen LogP contribution in [0.5, 0.6) is 0 Å². The van der Waals surface area contributed by atoms with Crippen molar-refractivity contribution in [2.45, 2.75) is 46.3 Å². The Morgan fingerprint density at radius 3 is 2.10 bits per heavy atom. The third kappa shape index (κ3) is 10.5. The highest BCUT2D eigenvalue weighted by Gasteiger charge is 2.37. The molecule has 0 saturated carbocycles. The smallest absolute Gasteiger partial charge is 0.340 e. The zero-order valence-corrected chi connectivity index (χ0v) is 26.2. The van der Waals surface area contributed by atoms with Gasteiger partial charge in [-0.3, -0.25) is 4.79 Å². The molecule has 3 aromatic rings. The van der Waals surface area contributed by atoms with Crippen molar-refractivity contribution in [3.63, 3.8) is 0 Å². The molecule has 0 bridgehead atoms. The quantitative estimate of drug-likeness (QED) is 0.243. The fraction of sp³-hybridized carbons (Fsp3) is 0.485. The molecular formula is C33H44ClF3N4O. The number of hydrogen-bond donors (Lipinski definition) is 0. The average Bonchev–Trinajstić information content (AvgIpc) is 3.59. The standard InChI is InChI=1S/C26H37F3N4O.C7H7Cl/c1-25(2,19-30(3)16-17-32-14-8-9-15-32)20-31(4)24(34)22-12-13-23(26(27,28)29)33(22)18-21-10-6-5-7-11-21;1-6-2-4-7(8)5-3-6/h5-7,10-13H,8-9,14-20H2,1-4H3;2-5H,1H3. The fourth-order valence-electron chi connectivity index (χ4n) is 5.46. The van der Waals surface area contributed by atoms with Gasteiger partial charge in [0.05, 0.1) is 0 Å². The van der Waals surface area contributed by atoms with Crippen molar-refractivity contribution in [1.82, 2.24) is 19.3 Å². The summed E-state index contributed by atoms with van der Waals surface area (Å²) >= 11 is 5.61. The molecular weight excluding hydrogens is 561 g/mol. The predicted octanol–water partition coefficient (Wildman–Crippen LogP) is 7.33. The third-order valence-corrected chi connectivity index (χ3v) is 7.64. The maximum atomic E-state index is 13.7. The molecule has 1 amide bonds. The summed E-state index contributed by atoms with van der Waals surface area (Å²) in [6.45, 7) is 11.8. The summed E-state index contributed by atoms with van der Waals surface area (Å²) < 4.78 is 42.1. The number of alkyl halides is 3. The molecule has 9 heteroatoms. The van der Waals surface area contributed by atoms with E-state index in [0.717, 1.165) is 48.4 Å². The first-order chi connectivity index (χ1) is 19.7. The number of carbonyl (C=O) groups excluding carboxylic acids is 1. The minimum Gasteiger partial charge on any atom is -0.340 e. The summed E-state index contributed by atoms with van der Waals surface area (Å²) in [6, 6.07) is 18.9. The lowest BCUT2D eigenvalue weighted by Crippen LogP contribution is -2.43. The van der Waals surface area contributed by atoms with Crippen molar-refractivity contribution in [1.29, 1.82) is 0 Å². The van der Waals surface area contributed by atoms with Crippen molar-refractivity contribution in [2.75, 3.05) is 53.4 Å². The normalized spacial score (nSPS) is 14.1. The van der Waals surface area contributed by atoms with Gasteiger partial charge in [-0.15, -0.1) is 0 Å². The largest absolute Gasteiger partial charge is 0.431 e. The molecule has 1 aliphatic heterocycles. The second kappa shape index (κ2) is 15.1. The van der Waals surface area contributed by atoms with E-state index in [1.165, 1.54) is 24.5 Å². The number of aromatic nitrogens is 1. The van der Waals surface area contributed by atoms with E-state index in [0.29, 0.717) is 12.1 Å². The van der Waals surface area contributed by atoms with Gasteiger partial charge in [-0.25, -0.2) is 0 Å². The molecule has 0 unspecified atom stereocenters. The molecule has 5 nitrogen and oxygen atoms in total. The zero-order chi connectivity index (χ0) is 30.9. The van der Waals surface area contributed by atoms with Crippen LogP contribution in [0.3, 0.4) is 0 Å². The Kier molecular flexibility index (Phi) is 12.1. The van der Waals surface area contributed by atoms with Crippen LogP contribution in [-0.2, 0) is 12.7 Å². The molecule has 1 saturated heterocycles. The van der Waals surface area contributed by atoms with Gasteiger partial charge in [-0.1, -0.05) is 73.5 Å². The average molecular weight is 605 g/mol. The summed E-state index contributed by atoms with van der Waals surface area (Å²) in [5.74, 6) is -0.403. The van der Waals surface area contributed by atoms with Gasteiger partial charge >= 0.3 is 6.18 Å². The minimum absolute atomic E-state index is 0.0137. The van der Waals surface area contributed by atoms with Crippen LogP contribution in [0.15, 0.2) is 66.7 Å². The maximum absolute atomic E-state index is 13.7. The highest BCUT2D eigenvalue weighted by molar-refractivity contribution is 6.30. The van der Waals surface area contributed by atoms with Crippen LogP contribution < -0.4 is 0 Å². The van der Waals surface area contributed by atoms with Crippen molar-refractivity contribution < 1.29 is 18.0 Å². The minimum atomic E-state index is -4.54. The third-order valence-electron chi connectivity index (χ3n) is 7.39. The first-order valence-corrected chi connectivity index (χ1v) is 14.8. The van der Waals surface area contributed by atoms with Gasteiger partial charge in [0.25, 0.3) is 5.91 Å². The van der Waals surface area contributed by atoms with Crippen LogP contribution in [0, 0.1) is 12.3 Å². The Bertz CT molecular complexity index is 1230. The lowest BCUT2D eigenvalue weighted by molar-refractivity contribution is -0.143. The number of halogens is 4. The zero-order valence-electron chi connectivity index (χ0n) is 25.4.